The average molecular weight is 426 g/mol. The van der Waals surface area contributed by atoms with Gasteiger partial charge in [-0.15, -0.1) is 0 Å². The SMILES string of the molecule is COC1c2ccccc2C[C@@H]1NC(=O)[C@@H](NC(=O)C1CCOCC1)c1ccc(F)cc1. The van der Waals surface area contributed by atoms with E-state index in [4.69, 9.17) is 9.47 Å². The van der Waals surface area contributed by atoms with E-state index in [1.165, 1.54) is 24.3 Å². The Morgan fingerprint density at radius 2 is 1.81 bits per heavy atom. The van der Waals surface area contributed by atoms with Gasteiger partial charge >= 0.3 is 0 Å². The number of carbonyl (C=O) groups excluding carboxylic acids is 2. The molecule has 1 aliphatic carbocycles. The van der Waals surface area contributed by atoms with Crippen molar-refractivity contribution in [1.82, 2.24) is 10.6 Å². The molecule has 0 radical (unpaired) electrons. The monoisotopic (exact) mass is 426 g/mol. The predicted molar refractivity (Wildman–Crippen MR) is 113 cm³/mol. The van der Waals surface area contributed by atoms with Crippen LogP contribution in [0.3, 0.4) is 0 Å². The lowest BCUT2D eigenvalue weighted by Crippen LogP contribution is -2.47. The van der Waals surface area contributed by atoms with Gasteiger partial charge in [0.25, 0.3) is 0 Å². The molecule has 2 aromatic carbocycles. The molecule has 164 valence electrons. The number of hydrogen-bond donors (Lipinski definition) is 2. The molecule has 7 heteroatoms. The zero-order valence-corrected chi connectivity index (χ0v) is 17.5. The largest absolute Gasteiger partial charge is 0.381 e. The van der Waals surface area contributed by atoms with Gasteiger partial charge in [-0.1, -0.05) is 36.4 Å². The van der Waals surface area contributed by atoms with E-state index in [2.05, 4.69) is 10.6 Å². The summed E-state index contributed by atoms with van der Waals surface area (Å²) in [5.41, 5.74) is 2.72. The third-order valence-corrected chi connectivity index (χ3v) is 6.09. The van der Waals surface area contributed by atoms with Gasteiger partial charge < -0.3 is 20.1 Å². The maximum Gasteiger partial charge on any atom is 0.247 e. The molecule has 0 spiro atoms. The molecule has 4 rings (SSSR count). The van der Waals surface area contributed by atoms with Crippen LogP contribution in [0.15, 0.2) is 48.5 Å². The number of benzene rings is 2. The molecule has 31 heavy (non-hydrogen) atoms. The van der Waals surface area contributed by atoms with E-state index in [0.29, 0.717) is 38.0 Å². The Kier molecular flexibility index (Phi) is 6.63. The van der Waals surface area contributed by atoms with Gasteiger partial charge in [0.05, 0.1) is 6.04 Å². The summed E-state index contributed by atoms with van der Waals surface area (Å²) in [7, 11) is 1.62. The molecule has 1 aliphatic heterocycles. The minimum Gasteiger partial charge on any atom is -0.381 e. The van der Waals surface area contributed by atoms with Crippen molar-refractivity contribution in [3.05, 3.63) is 71.0 Å². The zero-order valence-electron chi connectivity index (χ0n) is 17.5. The fourth-order valence-corrected chi connectivity index (χ4v) is 4.42. The van der Waals surface area contributed by atoms with Crippen molar-refractivity contribution in [2.75, 3.05) is 20.3 Å². The maximum absolute atomic E-state index is 13.5. The van der Waals surface area contributed by atoms with Gasteiger partial charge in [0, 0.05) is 26.2 Å². The summed E-state index contributed by atoms with van der Waals surface area (Å²) in [6.45, 7) is 1.06. The summed E-state index contributed by atoms with van der Waals surface area (Å²) in [5, 5.41) is 5.93. The normalized spacial score (nSPS) is 21.9. The number of nitrogens with one attached hydrogen (secondary N) is 2. The van der Waals surface area contributed by atoms with Gasteiger partial charge in [-0.2, -0.15) is 0 Å². The lowest BCUT2D eigenvalue weighted by atomic mass is 9.97. The van der Waals surface area contributed by atoms with Crippen LogP contribution in [0, 0.1) is 11.7 Å². The zero-order chi connectivity index (χ0) is 21.8. The van der Waals surface area contributed by atoms with E-state index in [1.807, 2.05) is 24.3 Å². The summed E-state index contributed by atoms with van der Waals surface area (Å²) in [4.78, 5) is 26.2. The van der Waals surface area contributed by atoms with E-state index >= 15 is 0 Å². The van der Waals surface area contributed by atoms with Crippen molar-refractivity contribution in [2.24, 2.45) is 5.92 Å². The molecular weight excluding hydrogens is 399 g/mol. The molecule has 1 unspecified atom stereocenters. The highest BCUT2D eigenvalue weighted by atomic mass is 19.1. The Balaban J connectivity index is 1.52. The fourth-order valence-electron chi connectivity index (χ4n) is 4.42. The van der Waals surface area contributed by atoms with Gasteiger partial charge in [-0.3, -0.25) is 9.59 Å². The second kappa shape index (κ2) is 9.58. The molecule has 1 fully saturated rings. The number of ether oxygens (including phenoxy) is 2. The Morgan fingerprint density at radius 3 is 2.52 bits per heavy atom. The number of rotatable bonds is 6. The van der Waals surface area contributed by atoms with E-state index in [1.54, 1.807) is 7.11 Å². The summed E-state index contributed by atoms with van der Waals surface area (Å²) in [6.07, 6.45) is 1.62. The van der Waals surface area contributed by atoms with Crippen LogP contribution in [0.5, 0.6) is 0 Å². The lowest BCUT2D eigenvalue weighted by Gasteiger charge is -2.27. The van der Waals surface area contributed by atoms with E-state index < -0.39 is 11.9 Å². The third-order valence-electron chi connectivity index (χ3n) is 6.09. The molecule has 2 amide bonds. The minimum absolute atomic E-state index is 0.189. The fraction of sp³-hybridized carbons (Fsp3) is 0.417. The highest BCUT2D eigenvalue weighted by Gasteiger charge is 2.36. The first-order valence-electron chi connectivity index (χ1n) is 10.6. The van der Waals surface area contributed by atoms with Crippen molar-refractivity contribution in [3.8, 4) is 0 Å². The van der Waals surface area contributed by atoms with Crippen molar-refractivity contribution in [3.63, 3.8) is 0 Å². The molecule has 1 saturated heterocycles. The molecule has 0 bridgehead atoms. The number of halogens is 1. The van der Waals surface area contributed by atoms with E-state index in [0.717, 1.165) is 11.1 Å². The minimum atomic E-state index is -0.919. The molecule has 2 aliphatic rings. The topological polar surface area (TPSA) is 76.7 Å². The summed E-state index contributed by atoms with van der Waals surface area (Å²) < 4.78 is 24.5. The van der Waals surface area contributed by atoms with Crippen molar-refractivity contribution in [1.29, 1.82) is 0 Å². The van der Waals surface area contributed by atoms with Crippen molar-refractivity contribution in [2.45, 2.75) is 37.5 Å². The number of methoxy groups -OCH3 is 1. The van der Waals surface area contributed by atoms with Gasteiger partial charge in [0.15, 0.2) is 0 Å². The van der Waals surface area contributed by atoms with Crippen LogP contribution in [0.2, 0.25) is 0 Å². The Hall–Kier alpha value is -2.77. The lowest BCUT2D eigenvalue weighted by molar-refractivity contribution is -0.133. The van der Waals surface area contributed by atoms with Crippen molar-refractivity contribution < 1.29 is 23.5 Å². The van der Waals surface area contributed by atoms with Crippen molar-refractivity contribution >= 4 is 11.8 Å². The van der Waals surface area contributed by atoms with Crippen LogP contribution >= 0.6 is 0 Å². The smallest absolute Gasteiger partial charge is 0.247 e. The molecular formula is C24H27FN2O4. The highest BCUT2D eigenvalue weighted by molar-refractivity contribution is 5.89. The first-order chi connectivity index (χ1) is 15.1. The standard InChI is InChI=1S/C24H27FN2O4/c1-30-22-19-5-3-2-4-17(19)14-20(22)26-24(29)21(15-6-8-18(25)9-7-15)27-23(28)16-10-12-31-13-11-16/h2-9,16,20-22H,10-14H2,1H3,(H,26,29)(H,27,28)/t20-,21-,22?/m0/s1. The van der Waals surface area contributed by atoms with Crippen LogP contribution in [0.4, 0.5) is 4.39 Å². The molecule has 6 nitrogen and oxygen atoms in total. The molecule has 3 atom stereocenters. The van der Waals surface area contributed by atoms with E-state index in [-0.39, 0.29) is 29.9 Å². The van der Waals surface area contributed by atoms with Crippen LogP contribution < -0.4 is 10.6 Å². The van der Waals surface area contributed by atoms with Crippen LogP contribution in [-0.4, -0.2) is 38.2 Å². The molecule has 1 heterocycles. The van der Waals surface area contributed by atoms with E-state index in [9.17, 15) is 14.0 Å². The average Bonchev–Trinajstić information content (AvgIpc) is 3.15. The first-order valence-corrected chi connectivity index (χ1v) is 10.6. The summed E-state index contributed by atoms with van der Waals surface area (Å²) >= 11 is 0. The Morgan fingerprint density at radius 1 is 1.10 bits per heavy atom. The highest BCUT2D eigenvalue weighted by Crippen LogP contribution is 2.34. The number of carbonyl (C=O) groups is 2. The van der Waals surface area contributed by atoms with Gasteiger partial charge in [0.2, 0.25) is 11.8 Å². The summed E-state index contributed by atoms with van der Waals surface area (Å²) in [6, 6.07) is 12.4. The van der Waals surface area contributed by atoms with Crippen LogP contribution in [-0.2, 0) is 25.5 Å². The second-order valence-electron chi connectivity index (χ2n) is 8.05. The molecule has 0 aromatic heterocycles. The second-order valence-corrected chi connectivity index (χ2v) is 8.05. The molecule has 2 N–H and O–H groups in total. The number of hydrogen-bond acceptors (Lipinski definition) is 4. The van der Waals surface area contributed by atoms with Crippen LogP contribution in [0.1, 0.15) is 41.7 Å². The molecule has 2 aromatic rings. The number of fused-ring (bicyclic) bond motifs is 1. The maximum atomic E-state index is 13.5. The number of amides is 2. The third kappa shape index (κ3) is 4.78. The van der Waals surface area contributed by atoms with Gasteiger partial charge in [-0.25, -0.2) is 4.39 Å². The first kappa shape index (κ1) is 21.5. The van der Waals surface area contributed by atoms with Gasteiger partial charge in [0.1, 0.15) is 18.0 Å². The Bertz CT molecular complexity index is 927. The van der Waals surface area contributed by atoms with Gasteiger partial charge in [-0.05, 0) is 48.1 Å². The molecule has 0 saturated carbocycles. The Labute approximate surface area is 181 Å². The van der Waals surface area contributed by atoms with Crippen LogP contribution in [0.25, 0.3) is 0 Å². The quantitative estimate of drug-likeness (QED) is 0.745. The predicted octanol–water partition coefficient (Wildman–Crippen LogP) is 2.84. The summed E-state index contributed by atoms with van der Waals surface area (Å²) in [5.74, 6) is -1.13.